The Labute approximate surface area is 83.8 Å². The van der Waals surface area contributed by atoms with Crippen molar-refractivity contribution in [2.75, 3.05) is 13.7 Å². The molecule has 0 aliphatic rings. The average molecular weight is 197 g/mol. The van der Waals surface area contributed by atoms with Gasteiger partial charge >= 0.3 is 0 Å². The summed E-state index contributed by atoms with van der Waals surface area (Å²) in [6.45, 7) is 1.81. The second-order valence-corrected chi connectivity index (χ2v) is 3.32. The van der Waals surface area contributed by atoms with Gasteiger partial charge in [-0.05, 0) is 19.5 Å². The summed E-state index contributed by atoms with van der Waals surface area (Å²) in [5.41, 5.74) is -0.141. The predicted molar refractivity (Wildman–Crippen MR) is 54.5 cm³/mol. The summed E-state index contributed by atoms with van der Waals surface area (Å²) >= 11 is 0. The zero-order chi connectivity index (χ0) is 10.6. The molecular weight excluding hydrogens is 181 g/mol. The van der Waals surface area contributed by atoms with Crippen LogP contribution in [0.3, 0.4) is 0 Å². The molecule has 0 aromatic heterocycles. The fourth-order valence-electron chi connectivity index (χ4n) is 1.63. The Kier molecular flexibility index (Phi) is 3.61. The standard InChI is InChI=1S/C11H16FNO/c1-3-11(8-14,13-2)9-6-4-5-7-10(9)12/h4-7,13-14H,3,8H2,1-2H3. The molecule has 0 spiro atoms. The summed E-state index contributed by atoms with van der Waals surface area (Å²) in [5.74, 6) is -0.280. The van der Waals surface area contributed by atoms with Crippen molar-refractivity contribution in [3.8, 4) is 0 Å². The molecule has 0 saturated carbocycles. The molecule has 0 aliphatic heterocycles. The summed E-state index contributed by atoms with van der Waals surface area (Å²) in [4.78, 5) is 0. The van der Waals surface area contributed by atoms with E-state index in [1.54, 1.807) is 25.2 Å². The van der Waals surface area contributed by atoms with Gasteiger partial charge in [-0.3, -0.25) is 0 Å². The molecule has 78 valence electrons. The molecule has 14 heavy (non-hydrogen) atoms. The molecule has 1 atom stereocenters. The monoisotopic (exact) mass is 197 g/mol. The van der Waals surface area contributed by atoms with Crippen LogP contribution in [0.15, 0.2) is 24.3 Å². The Morgan fingerprint density at radius 2 is 2.07 bits per heavy atom. The number of hydrogen-bond donors (Lipinski definition) is 2. The van der Waals surface area contributed by atoms with E-state index in [-0.39, 0.29) is 12.4 Å². The molecule has 1 aromatic carbocycles. The third-order valence-corrected chi connectivity index (χ3v) is 2.74. The molecular formula is C11H16FNO. The Bertz CT molecular complexity index is 289. The maximum atomic E-state index is 13.5. The largest absolute Gasteiger partial charge is 0.394 e. The van der Waals surface area contributed by atoms with E-state index in [2.05, 4.69) is 5.32 Å². The topological polar surface area (TPSA) is 32.3 Å². The van der Waals surface area contributed by atoms with Gasteiger partial charge < -0.3 is 10.4 Å². The van der Waals surface area contributed by atoms with Crippen LogP contribution in [0.4, 0.5) is 4.39 Å². The minimum absolute atomic E-state index is 0.110. The highest BCUT2D eigenvalue weighted by molar-refractivity contribution is 5.26. The first-order valence-corrected chi connectivity index (χ1v) is 4.75. The van der Waals surface area contributed by atoms with Crippen molar-refractivity contribution in [1.29, 1.82) is 0 Å². The molecule has 0 radical (unpaired) electrons. The quantitative estimate of drug-likeness (QED) is 0.769. The second-order valence-electron chi connectivity index (χ2n) is 3.32. The van der Waals surface area contributed by atoms with Crippen molar-refractivity contribution in [2.24, 2.45) is 0 Å². The van der Waals surface area contributed by atoms with Crippen LogP contribution in [0.2, 0.25) is 0 Å². The molecule has 1 aromatic rings. The molecule has 0 heterocycles. The Hall–Kier alpha value is -0.930. The lowest BCUT2D eigenvalue weighted by atomic mass is 9.88. The van der Waals surface area contributed by atoms with Crippen LogP contribution in [0.5, 0.6) is 0 Å². The van der Waals surface area contributed by atoms with Crippen molar-refractivity contribution in [1.82, 2.24) is 5.32 Å². The molecule has 0 bridgehead atoms. The van der Waals surface area contributed by atoms with Crippen LogP contribution >= 0.6 is 0 Å². The van der Waals surface area contributed by atoms with E-state index in [9.17, 15) is 9.50 Å². The van der Waals surface area contributed by atoms with Gasteiger partial charge in [0.15, 0.2) is 0 Å². The fraction of sp³-hybridized carbons (Fsp3) is 0.455. The minimum Gasteiger partial charge on any atom is -0.394 e. The number of likely N-dealkylation sites (N-methyl/N-ethyl adjacent to an activating group) is 1. The summed E-state index contributed by atoms with van der Waals surface area (Å²) in [6.07, 6.45) is 0.640. The molecule has 2 nitrogen and oxygen atoms in total. The number of aliphatic hydroxyl groups is 1. The van der Waals surface area contributed by atoms with E-state index in [1.807, 2.05) is 6.92 Å². The summed E-state index contributed by atoms with van der Waals surface area (Å²) in [5, 5.41) is 12.3. The lowest BCUT2D eigenvalue weighted by Gasteiger charge is -2.31. The molecule has 3 heteroatoms. The van der Waals surface area contributed by atoms with Crippen LogP contribution in [-0.2, 0) is 5.54 Å². The molecule has 0 aliphatic carbocycles. The van der Waals surface area contributed by atoms with Crippen LogP contribution in [0.1, 0.15) is 18.9 Å². The zero-order valence-electron chi connectivity index (χ0n) is 8.55. The molecule has 0 saturated heterocycles. The van der Waals surface area contributed by atoms with Gasteiger partial charge in [-0.25, -0.2) is 4.39 Å². The molecule has 1 rings (SSSR count). The Morgan fingerprint density at radius 1 is 1.43 bits per heavy atom. The third kappa shape index (κ3) is 1.79. The van der Waals surface area contributed by atoms with Crippen molar-refractivity contribution < 1.29 is 9.50 Å². The normalized spacial score (nSPS) is 15.1. The molecule has 0 amide bonds. The number of rotatable bonds is 4. The number of nitrogens with one attached hydrogen (secondary N) is 1. The van der Waals surface area contributed by atoms with Gasteiger partial charge in [-0.2, -0.15) is 0 Å². The second kappa shape index (κ2) is 4.53. The Morgan fingerprint density at radius 3 is 2.50 bits per heavy atom. The fourth-order valence-corrected chi connectivity index (χ4v) is 1.63. The highest BCUT2D eigenvalue weighted by Crippen LogP contribution is 2.26. The first kappa shape index (κ1) is 11.1. The summed E-state index contributed by atoms with van der Waals surface area (Å²) in [7, 11) is 1.73. The van der Waals surface area contributed by atoms with Crippen molar-refractivity contribution in [3.05, 3.63) is 35.6 Å². The minimum atomic E-state index is -0.661. The first-order valence-electron chi connectivity index (χ1n) is 4.75. The van der Waals surface area contributed by atoms with Gasteiger partial charge in [0.05, 0.1) is 12.1 Å². The lowest BCUT2D eigenvalue weighted by Crippen LogP contribution is -2.43. The van der Waals surface area contributed by atoms with Crippen LogP contribution in [0.25, 0.3) is 0 Å². The SMILES string of the molecule is CCC(CO)(NC)c1ccccc1F. The number of hydrogen-bond acceptors (Lipinski definition) is 2. The predicted octanol–water partition coefficient (Wildman–Crippen LogP) is 1.64. The van der Waals surface area contributed by atoms with Crippen LogP contribution < -0.4 is 5.32 Å². The number of halogens is 1. The van der Waals surface area contributed by atoms with Crippen molar-refractivity contribution >= 4 is 0 Å². The van der Waals surface area contributed by atoms with E-state index >= 15 is 0 Å². The summed E-state index contributed by atoms with van der Waals surface area (Å²) in [6, 6.07) is 6.53. The highest BCUT2D eigenvalue weighted by Gasteiger charge is 2.29. The van der Waals surface area contributed by atoms with Crippen LogP contribution in [-0.4, -0.2) is 18.8 Å². The van der Waals surface area contributed by atoms with E-state index in [1.165, 1.54) is 6.07 Å². The maximum Gasteiger partial charge on any atom is 0.128 e. The zero-order valence-corrected chi connectivity index (χ0v) is 8.55. The van der Waals surface area contributed by atoms with Gasteiger partial charge in [0.1, 0.15) is 5.82 Å². The van der Waals surface area contributed by atoms with Gasteiger partial charge in [0, 0.05) is 5.56 Å². The average Bonchev–Trinajstić information content (AvgIpc) is 2.24. The highest BCUT2D eigenvalue weighted by atomic mass is 19.1. The van der Waals surface area contributed by atoms with Crippen molar-refractivity contribution in [3.63, 3.8) is 0 Å². The van der Waals surface area contributed by atoms with Crippen molar-refractivity contribution in [2.45, 2.75) is 18.9 Å². The molecule has 0 fully saturated rings. The third-order valence-electron chi connectivity index (χ3n) is 2.74. The van der Waals surface area contributed by atoms with E-state index < -0.39 is 5.54 Å². The van der Waals surface area contributed by atoms with Gasteiger partial charge in [-0.15, -0.1) is 0 Å². The Balaban J connectivity index is 3.17. The lowest BCUT2D eigenvalue weighted by molar-refractivity contribution is 0.160. The van der Waals surface area contributed by atoms with E-state index in [4.69, 9.17) is 0 Å². The molecule has 2 N–H and O–H groups in total. The number of benzene rings is 1. The van der Waals surface area contributed by atoms with E-state index in [0.29, 0.717) is 12.0 Å². The first-order chi connectivity index (χ1) is 6.70. The van der Waals surface area contributed by atoms with Gasteiger partial charge in [-0.1, -0.05) is 25.1 Å². The smallest absolute Gasteiger partial charge is 0.128 e. The van der Waals surface area contributed by atoms with Gasteiger partial charge in [0.25, 0.3) is 0 Å². The van der Waals surface area contributed by atoms with Crippen LogP contribution in [0, 0.1) is 5.82 Å². The summed E-state index contributed by atoms with van der Waals surface area (Å²) < 4.78 is 13.5. The maximum absolute atomic E-state index is 13.5. The van der Waals surface area contributed by atoms with E-state index in [0.717, 1.165) is 0 Å². The number of aliphatic hydroxyl groups excluding tert-OH is 1. The van der Waals surface area contributed by atoms with Gasteiger partial charge in [0.2, 0.25) is 0 Å². The molecule has 1 unspecified atom stereocenters.